The van der Waals surface area contributed by atoms with E-state index in [-0.39, 0.29) is 11.0 Å². The van der Waals surface area contributed by atoms with Crippen LogP contribution in [0.2, 0.25) is 24.7 Å². The van der Waals surface area contributed by atoms with Crippen LogP contribution < -0.4 is 0 Å². The van der Waals surface area contributed by atoms with E-state index in [0.717, 1.165) is 0 Å². The number of fused-ring (bicyclic) bond motifs is 1. The Morgan fingerprint density at radius 2 is 1.67 bits per heavy atom. The minimum absolute atomic E-state index is 0.0295. The van der Waals surface area contributed by atoms with Crippen LogP contribution in [0.4, 0.5) is 0 Å². The third kappa shape index (κ3) is 1.32. The Hall–Kier alpha value is -0.313. The molecular weight excluding hydrogens is 204 g/mol. The van der Waals surface area contributed by atoms with Gasteiger partial charge in [-0.25, -0.2) is 0 Å². The molecule has 2 aliphatic carbocycles. The van der Waals surface area contributed by atoms with Crippen molar-refractivity contribution in [3.8, 4) is 0 Å². The molecule has 0 aromatic heterocycles. The molecule has 86 valence electrons. The zero-order chi connectivity index (χ0) is 11.3. The lowest BCUT2D eigenvalue weighted by atomic mass is 10.0. The van der Waals surface area contributed by atoms with Gasteiger partial charge >= 0.3 is 5.97 Å². The third-order valence-electron chi connectivity index (χ3n) is 4.59. The number of methoxy groups -OCH3 is 1. The molecule has 0 aliphatic heterocycles. The maximum absolute atomic E-state index is 12.1. The van der Waals surface area contributed by atoms with E-state index in [1.165, 1.54) is 25.7 Å². The highest BCUT2D eigenvalue weighted by atomic mass is 28.3. The number of hydrogen-bond donors (Lipinski definition) is 0. The number of carbonyl (C=O) groups is 1. The predicted octanol–water partition coefficient (Wildman–Crippen LogP) is 3.06. The van der Waals surface area contributed by atoms with Crippen molar-refractivity contribution in [2.24, 2.45) is 11.8 Å². The Balaban J connectivity index is 2.31. The number of rotatable bonds is 2. The first-order valence-corrected chi connectivity index (χ1v) is 9.54. The van der Waals surface area contributed by atoms with Crippen LogP contribution >= 0.6 is 0 Å². The minimum Gasteiger partial charge on any atom is -0.469 e. The molecular formula is C12H22O2Si. The monoisotopic (exact) mass is 226 g/mol. The molecule has 0 aromatic carbocycles. The van der Waals surface area contributed by atoms with E-state index >= 15 is 0 Å². The van der Waals surface area contributed by atoms with E-state index in [0.29, 0.717) is 11.8 Å². The molecule has 2 rings (SSSR count). The van der Waals surface area contributed by atoms with E-state index in [1.807, 2.05) is 0 Å². The van der Waals surface area contributed by atoms with Crippen molar-refractivity contribution in [1.82, 2.24) is 0 Å². The number of hydrogen-bond acceptors (Lipinski definition) is 2. The van der Waals surface area contributed by atoms with Gasteiger partial charge in [-0.05, 0) is 24.7 Å². The number of carbonyl (C=O) groups excluding carboxylic acids is 1. The molecule has 0 bridgehead atoms. The number of ether oxygens (including phenoxy) is 1. The van der Waals surface area contributed by atoms with Crippen molar-refractivity contribution in [2.75, 3.05) is 7.11 Å². The molecule has 0 radical (unpaired) electrons. The van der Waals surface area contributed by atoms with Crippen molar-refractivity contribution >= 4 is 14.0 Å². The molecule has 0 amide bonds. The maximum Gasteiger partial charge on any atom is 0.309 e. The SMILES string of the molecule is COC(=O)C1([Si](C)(C)C)[C@@H]2CCCC[C@@H]21. The second kappa shape index (κ2) is 3.34. The fourth-order valence-corrected chi connectivity index (χ4v) is 7.56. The molecule has 15 heavy (non-hydrogen) atoms. The molecule has 2 nitrogen and oxygen atoms in total. The van der Waals surface area contributed by atoms with Gasteiger partial charge in [0, 0.05) is 0 Å². The largest absolute Gasteiger partial charge is 0.469 e. The summed E-state index contributed by atoms with van der Waals surface area (Å²) in [5.74, 6) is 1.41. The second-order valence-corrected chi connectivity index (χ2v) is 11.4. The summed E-state index contributed by atoms with van der Waals surface area (Å²) in [7, 11) is 0.0897. The Morgan fingerprint density at radius 3 is 2.00 bits per heavy atom. The first-order chi connectivity index (χ1) is 6.96. The molecule has 3 atom stereocenters. The van der Waals surface area contributed by atoms with Crippen molar-refractivity contribution in [1.29, 1.82) is 0 Å². The fourth-order valence-electron chi connectivity index (χ4n) is 4.01. The summed E-state index contributed by atoms with van der Waals surface area (Å²) in [6.07, 6.45) is 5.13. The minimum atomic E-state index is -1.46. The number of esters is 1. The Labute approximate surface area is 93.4 Å². The molecule has 2 aliphatic rings. The summed E-state index contributed by atoms with van der Waals surface area (Å²) in [6, 6.07) is 0. The molecule has 0 heterocycles. The lowest BCUT2D eigenvalue weighted by molar-refractivity contribution is -0.142. The summed E-state index contributed by atoms with van der Waals surface area (Å²) < 4.78 is 5.09. The first-order valence-electron chi connectivity index (χ1n) is 6.04. The zero-order valence-corrected chi connectivity index (χ0v) is 11.3. The van der Waals surface area contributed by atoms with Gasteiger partial charge in [0.1, 0.15) is 0 Å². The topological polar surface area (TPSA) is 26.3 Å². The Morgan fingerprint density at radius 1 is 1.20 bits per heavy atom. The molecule has 0 spiro atoms. The molecule has 2 fully saturated rings. The van der Waals surface area contributed by atoms with Crippen LogP contribution in [-0.4, -0.2) is 21.2 Å². The normalized spacial score (nSPS) is 39.5. The van der Waals surface area contributed by atoms with E-state index in [1.54, 1.807) is 7.11 Å². The molecule has 1 unspecified atom stereocenters. The standard InChI is InChI=1S/C12H22O2Si/c1-14-11(13)12(15(2,3)4)9-7-5-6-8-10(9)12/h9-10H,5-8H2,1-4H3/t9-,10+,12?. The predicted molar refractivity (Wildman–Crippen MR) is 63.5 cm³/mol. The van der Waals surface area contributed by atoms with Crippen LogP contribution in [0.1, 0.15) is 25.7 Å². The lowest BCUT2D eigenvalue weighted by Crippen LogP contribution is -2.38. The van der Waals surface area contributed by atoms with Gasteiger partial charge in [0.25, 0.3) is 0 Å². The van der Waals surface area contributed by atoms with Crippen molar-refractivity contribution in [2.45, 2.75) is 50.4 Å². The molecule has 0 aromatic rings. The van der Waals surface area contributed by atoms with E-state index in [4.69, 9.17) is 4.74 Å². The van der Waals surface area contributed by atoms with E-state index < -0.39 is 8.07 Å². The highest BCUT2D eigenvalue weighted by Gasteiger charge is 2.74. The molecule has 3 heteroatoms. The van der Waals surface area contributed by atoms with Crippen LogP contribution in [0.25, 0.3) is 0 Å². The van der Waals surface area contributed by atoms with Gasteiger partial charge in [-0.15, -0.1) is 0 Å². The smallest absolute Gasteiger partial charge is 0.309 e. The highest BCUT2D eigenvalue weighted by Crippen LogP contribution is 2.75. The van der Waals surface area contributed by atoms with Crippen molar-refractivity contribution in [3.63, 3.8) is 0 Å². The van der Waals surface area contributed by atoms with Crippen LogP contribution in [0.3, 0.4) is 0 Å². The summed E-state index contributed by atoms with van der Waals surface area (Å²) in [5, 5.41) is -0.0295. The van der Waals surface area contributed by atoms with Gasteiger partial charge in [-0.3, -0.25) is 4.79 Å². The molecule has 0 saturated heterocycles. The Bertz CT molecular complexity index is 268. The van der Waals surface area contributed by atoms with Crippen LogP contribution in [0.5, 0.6) is 0 Å². The summed E-state index contributed by atoms with van der Waals surface area (Å²) in [6.45, 7) is 6.96. The highest BCUT2D eigenvalue weighted by molar-refractivity contribution is 6.83. The van der Waals surface area contributed by atoms with Gasteiger partial charge in [-0.1, -0.05) is 32.5 Å². The van der Waals surface area contributed by atoms with Gasteiger partial charge in [0.2, 0.25) is 0 Å². The van der Waals surface area contributed by atoms with E-state index in [9.17, 15) is 4.79 Å². The average Bonchev–Trinajstić information content (AvgIpc) is 2.86. The Kier molecular flexibility index (Phi) is 2.49. The third-order valence-corrected chi connectivity index (χ3v) is 8.02. The lowest BCUT2D eigenvalue weighted by Gasteiger charge is -2.28. The van der Waals surface area contributed by atoms with Gasteiger partial charge in [0.15, 0.2) is 0 Å². The zero-order valence-electron chi connectivity index (χ0n) is 10.3. The summed E-state index contributed by atoms with van der Waals surface area (Å²) in [4.78, 5) is 12.1. The first kappa shape index (κ1) is 11.2. The summed E-state index contributed by atoms with van der Waals surface area (Å²) >= 11 is 0. The molecule has 0 N–H and O–H groups in total. The van der Waals surface area contributed by atoms with E-state index in [2.05, 4.69) is 19.6 Å². The van der Waals surface area contributed by atoms with Crippen LogP contribution in [-0.2, 0) is 9.53 Å². The van der Waals surface area contributed by atoms with Gasteiger partial charge in [-0.2, -0.15) is 0 Å². The quantitative estimate of drug-likeness (QED) is 0.534. The maximum atomic E-state index is 12.1. The van der Waals surface area contributed by atoms with Gasteiger partial charge in [0.05, 0.1) is 20.2 Å². The average molecular weight is 226 g/mol. The van der Waals surface area contributed by atoms with Crippen molar-refractivity contribution in [3.05, 3.63) is 0 Å². The van der Waals surface area contributed by atoms with Crippen LogP contribution in [0, 0.1) is 11.8 Å². The molecule has 2 saturated carbocycles. The van der Waals surface area contributed by atoms with Crippen LogP contribution in [0.15, 0.2) is 0 Å². The van der Waals surface area contributed by atoms with Gasteiger partial charge < -0.3 is 4.74 Å². The summed E-state index contributed by atoms with van der Waals surface area (Å²) in [5.41, 5.74) is 0. The fraction of sp³-hybridized carbons (Fsp3) is 0.917. The second-order valence-electron chi connectivity index (χ2n) is 6.11. The van der Waals surface area contributed by atoms with Crippen molar-refractivity contribution < 1.29 is 9.53 Å².